The van der Waals surface area contributed by atoms with Crippen molar-refractivity contribution in [2.75, 3.05) is 39.9 Å². The van der Waals surface area contributed by atoms with Crippen molar-refractivity contribution >= 4 is 11.8 Å². The zero-order valence-electron chi connectivity index (χ0n) is 12.2. The van der Waals surface area contributed by atoms with E-state index in [1.165, 1.54) is 0 Å². The van der Waals surface area contributed by atoms with E-state index >= 15 is 0 Å². The lowest BCUT2D eigenvalue weighted by molar-refractivity contribution is -0.121. The zero-order valence-corrected chi connectivity index (χ0v) is 12.2. The number of amides is 2. The van der Waals surface area contributed by atoms with Gasteiger partial charge in [-0.1, -0.05) is 18.2 Å². The van der Waals surface area contributed by atoms with E-state index in [1.54, 1.807) is 18.1 Å². The molecule has 0 saturated heterocycles. The average Bonchev–Trinajstić information content (AvgIpc) is 2.80. The molecule has 1 aliphatic heterocycles. The third-order valence-electron chi connectivity index (χ3n) is 3.34. The van der Waals surface area contributed by atoms with Crippen LogP contribution in [0.15, 0.2) is 24.3 Å². The molecule has 0 fully saturated rings. The Kier molecular flexibility index (Phi) is 5.71. The monoisotopic (exact) mass is 291 g/mol. The van der Waals surface area contributed by atoms with Gasteiger partial charge >= 0.3 is 0 Å². The zero-order chi connectivity index (χ0) is 15.1. The normalized spacial score (nSPS) is 13.4. The van der Waals surface area contributed by atoms with Gasteiger partial charge in [0.1, 0.15) is 6.54 Å². The molecule has 6 heteroatoms. The van der Waals surface area contributed by atoms with E-state index in [0.717, 1.165) is 12.1 Å². The molecule has 1 heterocycles. The number of hydrogen-bond donors (Lipinski definition) is 2. The predicted octanol–water partition coefficient (Wildman–Crippen LogP) is -0.00540. The lowest BCUT2D eigenvalue weighted by Gasteiger charge is -2.15. The number of carbonyl (C=O) groups excluding carboxylic acids is 2. The first kappa shape index (κ1) is 15.5. The van der Waals surface area contributed by atoms with Gasteiger partial charge in [0.2, 0.25) is 5.91 Å². The quantitative estimate of drug-likeness (QED) is 0.661. The third-order valence-corrected chi connectivity index (χ3v) is 3.34. The largest absolute Gasteiger partial charge is 0.383 e. The molecule has 0 spiro atoms. The van der Waals surface area contributed by atoms with Crippen LogP contribution in [0.25, 0.3) is 0 Å². The molecule has 2 amide bonds. The summed E-state index contributed by atoms with van der Waals surface area (Å²) >= 11 is 0. The summed E-state index contributed by atoms with van der Waals surface area (Å²) in [6, 6.07) is 7.47. The summed E-state index contributed by atoms with van der Waals surface area (Å²) in [5, 5.41) is 5.94. The molecule has 0 aliphatic carbocycles. The van der Waals surface area contributed by atoms with Crippen LogP contribution in [0.4, 0.5) is 0 Å². The standard InChI is InChI=1S/C15H21N3O3/c1-21-9-8-16-6-7-17-14(19)11-18-10-12-4-2-3-5-13(12)15(18)20/h2-5,16H,6-11H2,1H3,(H,17,19). The predicted molar refractivity (Wildman–Crippen MR) is 78.9 cm³/mol. The average molecular weight is 291 g/mol. The lowest BCUT2D eigenvalue weighted by atomic mass is 10.1. The Hall–Kier alpha value is -1.92. The van der Waals surface area contributed by atoms with Crippen molar-refractivity contribution in [1.29, 1.82) is 0 Å². The smallest absolute Gasteiger partial charge is 0.254 e. The van der Waals surface area contributed by atoms with Gasteiger partial charge in [0.05, 0.1) is 6.61 Å². The summed E-state index contributed by atoms with van der Waals surface area (Å²) in [4.78, 5) is 25.5. The molecule has 2 rings (SSSR count). The van der Waals surface area contributed by atoms with Crippen LogP contribution in [-0.2, 0) is 16.1 Å². The molecular formula is C15H21N3O3. The van der Waals surface area contributed by atoms with E-state index in [9.17, 15) is 9.59 Å². The molecule has 6 nitrogen and oxygen atoms in total. The van der Waals surface area contributed by atoms with Crippen LogP contribution in [0.5, 0.6) is 0 Å². The van der Waals surface area contributed by atoms with Crippen LogP contribution >= 0.6 is 0 Å². The number of fused-ring (bicyclic) bond motifs is 1. The van der Waals surface area contributed by atoms with Crippen molar-refractivity contribution in [3.63, 3.8) is 0 Å². The molecule has 1 aromatic rings. The van der Waals surface area contributed by atoms with E-state index < -0.39 is 0 Å². The molecule has 21 heavy (non-hydrogen) atoms. The van der Waals surface area contributed by atoms with Crippen molar-refractivity contribution in [3.05, 3.63) is 35.4 Å². The number of rotatable bonds is 8. The molecule has 0 radical (unpaired) electrons. The Labute approximate surface area is 124 Å². The molecule has 1 aromatic carbocycles. The van der Waals surface area contributed by atoms with Crippen molar-refractivity contribution in [3.8, 4) is 0 Å². The van der Waals surface area contributed by atoms with Crippen molar-refractivity contribution in [2.24, 2.45) is 0 Å². The first-order valence-electron chi connectivity index (χ1n) is 7.06. The van der Waals surface area contributed by atoms with Crippen molar-refractivity contribution < 1.29 is 14.3 Å². The highest BCUT2D eigenvalue weighted by Gasteiger charge is 2.27. The highest BCUT2D eigenvalue weighted by atomic mass is 16.5. The highest BCUT2D eigenvalue weighted by Crippen LogP contribution is 2.21. The maximum atomic E-state index is 12.1. The fraction of sp³-hybridized carbons (Fsp3) is 0.467. The number of hydrogen-bond acceptors (Lipinski definition) is 4. The summed E-state index contributed by atoms with van der Waals surface area (Å²) in [5.74, 6) is -0.205. The second-order valence-electron chi connectivity index (χ2n) is 4.91. The van der Waals surface area contributed by atoms with Crippen molar-refractivity contribution in [1.82, 2.24) is 15.5 Å². The van der Waals surface area contributed by atoms with Gasteiger partial charge in [-0.2, -0.15) is 0 Å². The van der Waals surface area contributed by atoms with Crippen LogP contribution < -0.4 is 10.6 Å². The van der Waals surface area contributed by atoms with E-state index in [1.807, 2.05) is 18.2 Å². The molecule has 0 atom stereocenters. The van der Waals surface area contributed by atoms with Crippen molar-refractivity contribution in [2.45, 2.75) is 6.54 Å². The maximum absolute atomic E-state index is 12.1. The van der Waals surface area contributed by atoms with E-state index in [2.05, 4.69) is 10.6 Å². The van der Waals surface area contributed by atoms with Gasteiger partial charge in [0.15, 0.2) is 0 Å². The molecule has 0 saturated carbocycles. The summed E-state index contributed by atoms with van der Waals surface area (Å²) < 4.78 is 4.91. The summed E-state index contributed by atoms with van der Waals surface area (Å²) in [5.41, 5.74) is 1.68. The Morgan fingerprint density at radius 3 is 2.86 bits per heavy atom. The maximum Gasteiger partial charge on any atom is 0.254 e. The Morgan fingerprint density at radius 2 is 2.10 bits per heavy atom. The Bertz CT molecular complexity index is 505. The van der Waals surface area contributed by atoms with Gasteiger partial charge in [0.25, 0.3) is 5.91 Å². The molecule has 2 N–H and O–H groups in total. The molecule has 114 valence electrons. The van der Waals surface area contributed by atoms with E-state index in [4.69, 9.17) is 4.74 Å². The first-order chi connectivity index (χ1) is 10.2. The Morgan fingerprint density at radius 1 is 1.29 bits per heavy atom. The van der Waals surface area contributed by atoms with Gasteiger partial charge in [-0.3, -0.25) is 9.59 Å². The minimum Gasteiger partial charge on any atom is -0.383 e. The molecule has 1 aliphatic rings. The number of ether oxygens (including phenoxy) is 1. The second kappa shape index (κ2) is 7.75. The number of nitrogens with zero attached hydrogens (tertiary/aromatic N) is 1. The van der Waals surface area contributed by atoms with Gasteiger partial charge in [-0.25, -0.2) is 0 Å². The van der Waals surface area contributed by atoms with Crippen LogP contribution in [0.2, 0.25) is 0 Å². The third kappa shape index (κ3) is 4.27. The number of methoxy groups -OCH3 is 1. The summed E-state index contributed by atoms with van der Waals surface area (Å²) in [7, 11) is 1.65. The molecular weight excluding hydrogens is 270 g/mol. The van der Waals surface area contributed by atoms with Gasteiger partial charge in [0, 0.05) is 38.9 Å². The molecule has 0 aromatic heterocycles. The first-order valence-corrected chi connectivity index (χ1v) is 7.06. The van der Waals surface area contributed by atoms with Crippen LogP contribution in [0.1, 0.15) is 15.9 Å². The van der Waals surface area contributed by atoms with Crippen LogP contribution in [-0.4, -0.2) is 56.6 Å². The topological polar surface area (TPSA) is 70.7 Å². The van der Waals surface area contributed by atoms with E-state index in [0.29, 0.717) is 31.8 Å². The van der Waals surface area contributed by atoms with Crippen LogP contribution in [0.3, 0.4) is 0 Å². The lowest BCUT2D eigenvalue weighted by Crippen LogP contribution is -2.40. The van der Waals surface area contributed by atoms with Gasteiger partial charge in [-0.15, -0.1) is 0 Å². The summed E-state index contributed by atoms with van der Waals surface area (Å²) in [6.45, 7) is 3.24. The van der Waals surface area contributed by atoms with Gasteiger partial charge < -0.3 is 20.3 Å². The number of carbonyl (C=O) groups is 2. The molecule has 0 bridgehead atoms. The van der Waals surface area contributed by atoms with Gasteiger partial charge in [-0.05, 0) is 11.6 Å². The Balaban J connectivity index is 1.69. The fourth-order valence-corrected chi connectivity index (χ4v) is 2.26. The second-order valence-corrected chi connectivity index (χ2v) is 4.91. The highest BCUT2D eigenvalue weighted by molar-refractivity contribution is 6.00. The van der Waals surface area contributed by atoms with E-state index in [-0.39, 0.29) is 18.4 Å². The molecule has 0 unspecified atom stereocenters. The number of benzene rings is 1. The minimum absolute atomic E-state index is 0.0704. The minimum atomic E-state index is -0.135. The fourth-order valence-electron chi connectivity index (χ4n) is 2.26. The number of nitrogens with one attached hydrogen (secondary N) is 2. The summed E-state index contributed by atoms with van der Waals surface area (Å²) in [6.07, 6.45) is 0. The van der Waals surface area contributed by atoms with Crippen LogP contribution in [0, 0.1) is 0 Å². The SMILES string of the molecule is COCCNCCNC(=O)CN1Cc2ccccc2C1=O.